The van der Waals surface area contributed by atoms with Gasteiger partial charge in [-0.1, -0.05) is 75.1 Å². The van der Waals surface area contributed by atoms with Crippen LogP contribution in [0.1, 0.15) is 63.9 Å². The summed E-state index contributed by atoms with van der Waals surface area (Å²) >= 11 is 12.1. The zero-order chi connectivity index (χ0) is 14.6. The Hall–Kier alpha value is -0.240. The van der Waals surface area contributed by atoms with Crippen LogP contribution in [0.25, 0.3) is 0 Å². The van der Waals surface area contributed by atoms with E-state index in [1.54, 1.807) is 0 Å². The first-order valence-electron chi connectivity index (χ1n) is 7.88. The van der Waals surface area contributed by atoms with E-state index in [9.17, 15) is 0 Å². The molecule has 20 heavy (non-hydrogen) atoms. The minimum atomic E-state index is 0.748. The average molecular weight is 316 g/mol. The zero-order valence-corrected chi connectivity index (χ0v) is 14.1. The molecule has 0 saturated heterocycles. The molecule has 1 nitrogen and oxygen atoms in total. The zero-order valence-electron chi connectivity index (χ0n) is 12.6. The summed E-state index contributed by atoms with van der Waals surface area (Å²) in [4.78, 5) is 0. The summed E-state index contributed by atoms with van der Waals surface area (Å²) in [6, 6.07) is 5.62. The lowest BCUT2D eigenvalue weighted by atomic mass is 10.1. The van der Waals surface area contributed by atoms with Crippen LogP contribution in [0.2, 0.25) is 10.0 Å². The summed E-state index contributed by atoms with van der Waals surface area (Å²) < 4.78 is 0. The van der Waals surface area contributed by atoms with Crippen molar-refractivity contribution < 1.29 is 0 Å². The van der Waals surface area contributed by atoms with Crippen molar-refractivity contribution in [1.82, 2.24) is 5.32 Å². The lowest BCUT2D eigenvalue weighted by molar-refractivity contribution is 0.555. The molecular weight excluding hydrogens is 289 g/mol. The molecule has 0 unspecified atom stereocenters. The van der Waals surface area contributed by atoms with Crippen LogP contribution < -0.4 is 5.32 Å². The quantitative estimate of drug-likeness (QED) is 0.478. The molecule has 0 amide bonds. The second-order valence-electron chi connectivity index (χ2n) is 5.39. The van der Waals surface area contributed by atoms with Crippen molar-refractivity contribution in [1.29, 1.82) is 0 Å². The molecule has 0 bridgehead atoms. The van der Waals surface area contributed by atoms with E-state index in [0.717, 1.165) is 28.7 Å². The fourth-order valence-corrected chi connectivity index (χ4v) is 2.66. The van der Waals surface area contributed by atoms with Crippen molar-refractivity contribution in [3.05, 3.63) is 33.8 Å². The van der Waals surface area contributed by atoms with Crippen LogP contribution in [-0.2, 0) is 6.54 Å². The predicted molar refractivity (Wildman–Crippen MR) is 90.8 cm³/mol. The third kappa shape index (κ3) is 8.14. The highest BCUT2D eigenvalue weighted by molar-refractivity contribution is 6.33. The number of benzene rings is 1. The molecule has 0 fully saturated rings. The van der Waals surface area contributed by atoms with Gasteiger partial charge in [0.2, 0.25) is 0 Å². The topological polar surface area (TPSA) is 12.0 Å². The molecule has 1 N–H and O–H groups in total. The third-order valence-corrected chi connectivity index (χ3v) is 4.13. The molecule has 0 aliphatic heterocycles. The van der Waals surface area contributed by atoms with E-state index >= 15 is 0 Å². The first kappa shape index (κ1) is 17.8. The predicted octanol–water partition coefficient (Wildman–Crippen LogP) is 6.22. The van der Waals surface area contributed by atoms with E-state index < -0.39 is 0 Å². The van der Waals surface area contributed by atoms with Crippen LogP contribution in [0.5, 0.6) is 0 Å². The second kappa shape index (κ2) is 11.4. The number of halogens is 2. The van der Waals surface area contributed by atoms with Gasteiger partial charge in [-0.25, -0.2) is 0 Å². The van der Waals surface area contributed by atoms with Crippen LogP contribution >= 0.6 is 23.2 Å². The van der Waals surface area contributed by atoms with Crippen LogP contribution in [0.4, 0.5) is 0 Å². The van der Waals surface area contributed by atoms with Gasteiger partial charge in [-0.05, 0) is 36.7 Å². The molecule has 3 heteroatoms. The highest BCUT2D eigenvalue weighted by Gasteiger charge is 2.00. The molecule has 0 saturated carbocycles. The minimum absolute atomic E-state index is 0.748. The monoisotopic (exact) mass is 315 g/mol. The third-order valence-electron chi connectivity index (χ3n) is 3.53. The summed E-state index contributed by atoms with van der Waals surface area (Å²) in [5, 5.41) is 4.98. The molecule has 1 rings (SSSR count). The Balaban J connectivity index is 1.98. The number of rotatable bonds is 11. The summed E-state index contributed by atoms with van der Waals surface area (Å²) in [6.07, 6.45) is 10.8. The van der Waals surface area contributed by atoms with E-state index in [1.807, 2.05) is 18.2 Å². The average Bonchev–Trinajstić information content (AvgIpc) is 2.44. The minimum Gasteiger partial charge on any atom is -0.313 e. The number of hydrogen-bond donors (Lipinski definition) is 1. The van der Waals surface area contributed by atoms with Gasteiger partial charge in [-0.15, -0.1) is 0 Å². The Labute approximate surface area is 134 Å². The van der Waals surface area contributed by atoms with Crippen molar-refractivity contribution in [3.63, 3.8) is 0 Å². The van der Waals surface area contributed by atoms with Gasteiger partial charge in [0.15, 0.2) is 0 Å². The second-order valence-corrected chi connectivity index (χ2v) is 6.23. The van der Waals surface area contributed by atoms with Crippen molar-refractivity contribution in [2.75, 3.05) is 6.54 Å². The van der Waals surface area contributed by atoms with Gasteiger partial charge in [0.1, 0.15) is 0 Å². The summed E-state index contributed by atoms with van der Waals surface area (Å²) in [5.74, 6) is 0. The molecule has 0 aliphatic carbocycles. The van der Waals surface area contributed by atoms with Crippen molar-refractivity contribution in [2.45, 2.75) is 64.8 Å². The fraction of sp³-hybridized carbons (Fsp3) is 0.647. The molecule has 114 valence electrons. The maximum absolute atomic E-state index is 6.12. The summed E-state index contributed by atoms with van der Waals surface area (Å²) in [7, 11) is 0. The molecular formula is C17H27Cl2N. The normalized spacial score (nSPS) is 10.9. The van der Waals surface area contributed by atoms with Gasteiger partial charge >= 0.3 is 0 Å². The Morgan fingerprint density at radius 1 is 0.900 bits per heavy atom. The number of nitrogens with one attached hydrogen (secondary N) is 1. The molecule has 0 aliphatic rings. The van der Waals surface area contributed by atoms with E-state index in [2.05, 4.69) is 12.2 Å². The molecule has 1 aromatic rings. The van der Waals surface area contributed by atoms with Crippen molar-refractivity contribution in [2.24, 2.45) is 0 Å². The highest BCUT2D eigenvalue weighted by Crippen LogP contribution is 2.20. The van der Waals surface area contributed by atoms with Crippen LogP contribution in [0.15, 0.2) is 18.2 Å². The molecule has 0 atom stereocenters. The molecule has 0 aromatic heterocycles. The first-order chi connectivity index (χ1) is 9.74. The number of unbranched alkanes of at least 4 members (excludes halogenated alkanes) is 7. The van der Waals surface area contributed by atoms with E-state index in [1.165, 1.54) is 51.4 Å². The maximum Gasteiger partial charge on any atom is 0.0451 e. The lowest BCUT2D eigenvalue weighted by Gasteiger charge is -2.07. The van der Waals surface area contributed by atoms with Gasteiger partial charge in [0.25, 0.3) is 0 Å². The highest BCUT2D eigenvalue weighted by atomic mass is 35.5. The van der Waals surface area contributed by atoms with Crippen molar-refractivity contribution >= 4 is 23.2 Å². The van der Waals surface area contributed by atoms with Crippen LogP contribution in [0, 0.1) is 0 Å². The summed E-state index contributed by atoms with van der Waals surface area (Å²) in [6.45, 7) is 4.12. The van der Waals surface area contributed by atoms with Crippen LogP contribution in [-0.4, -0.2) is 6.54 Å². The SMILES string of the molecule is CCCCCCCCCCNCc1cc(Cl)ccc1Cl. The van der Waals surface area contributed by atoms with E-state index in [4.69, 9.17) is 23.2 Å². The smallest absolute Gasteiger partial charge is 0.0451 e. The summed E-state index contributed by atoms with van der Waals surface area (Å²) in [5.41, 5.74) is 1.08. The maximum atomic E-state index is 6.12. The van der Waals surface area contributed by atoms with Crippen LogP contribution in [0.3, 0.4) is 0 Å². The number of hydrogen-bond acceptors (Lipinski definition) is 1. The van der Waals surface area contributed by atoms with Gasteiger partial charge in [0, 0.05) is 16.6 Å². The molecule has 0 spiro atoms. The molecule has 1 aromatic carbocycles. The Kier molecular flexibility index (Phi) is 10.2. The van der Waals surface area contributed by atoms with Gasteiger partial charge < -0.3 is 5.32 Å². The largest absolute Gasteiger partial charge is 0.313 e. The van der Waals surface area contributed by atoms with Gasteiger partial charge in [0.05, 0.1) is 0 Å². The van der Waals surface area contributed by atoms with E-state index in [-0.39, 0.29) is 0 Å². The lowest BCUT2D eigenvalue weighted by Crippen LogP contribution is -2.14. The van der Waals surface area contributed by atoms with Crippen molar-refractivity contribution in [3.8, 4) is 0 Å². The van der Waals surface area contributed by atoms with E-state index in [0.29, 0.717) is 0 Å². The Morgan fingerprint density at radius 3 is 2.25 bits per heavy atom. The first-order valence-corrected chi connectivity index (χ1v) is 8.64. The Morgan fingerprint density at radius 2 is 1.55 bits per heavy atom. The standard InChI is InChI=1S/C17H27Cl2N/c1-2-3-4-5-6-7-8-9-12-20-14-15-13-16(18)10-11-17(15)19/h10-11,13,20H,2-9,12,14H2,1H3. The fourth-order valence-electron chi connectivity index (χ4n) is 2.29. The van der Waals surface area contributed by atoms with Gasteiger partial charge in [-0.2, -0.15) is 0 Å². The molecule has 0 radical (unpaired) electrons. The molecule has 0 heterocycles. The van der Waals surface area contributed by atoms with Gasteiger partial charge in [-0.3, -0.25) is 0 Å². The Bertz CT molecular complexity index is 366.